The van der Waals surface area contributed by atoms with Crippen LogP contribution in [0, 0.1) is 5.92 Å². The van der Waals surface area contributed by atoms with E-state index in [9.17, 15) is 0 Å². The zero-order valence-electron chi connectivity index (χ0n) is 17.9. The van der Waals surface area contributed by atoms with Gasteiger partial charge in [0.05, 0.1) is 14.2 Å². The highest BCUT2D eigenvalue weighted by atomic mass is 35.5. The molecular formula is C24H35ClN2O2. The Kier molecular flexibility index (Phi) is 9.79. The standard InChI is InChI=1S/C24H34N2O2.ClH/c1-26(18-20-8-5-4-6-9-20)22(21-10-7-15-25-17-21)13-11-19-12-14-23(27-2)24(16-19)28-3;/h4-6,8-9,12,14,16,21-22,25H,7,10-11,13,15,17-18H2,1-3H3;1H. The van der Waals surface area contributed by atoms with Crippen LogP contribution in [0.5, 0.6) is 11.5 Å². The van der Waals surface area contributed by atoms with Crippen LogP contribution in [-0.2, 0) is 13.0 Å². The molecule has 0 saturated carbocycles. The maximum Gasteiger partial charge on any atom is 0.160 e. The van der Waals surface area contributed by atoms with Crippen LogP contribution in [0.4, 0.5) is 0 Å². The second-order valence-corrected chi connectivity index (χ2v) is 7.80. The second-order valence-electron chi connectivity index (χ2n) is 7.80. The molecule has 1 N–H and O–H groups in total. The second kappa shape index (κ2) is 12.1. The lowest BCUT2D eigenvalue weighted by molar-refractivity contribution is 0.137. The van der Waals surface area contributed by atoms with E-state index in [2.05, 4.69) is 59.7 Å². The number of methoxy groups -OCH3 is 2. The lowest BCUT2D eigenvalue weighted by Gasteiger charge is -2.37. The number of aryl methyl sites for hydroxylation is 1. The van der Waals surface area contributed by atoms with E-state index in [1.165, 1.54) is 24.0 Å². The number of nitrogens with one attached hydrogen (secondary N) is 1. The number of rotatable bonds is 9. The number of hydrogen-bond acceptors (Lipinski definition) is 4. The van der Waals surface area contributed by atoms with Crippen molar-refractivity contribution in [3.8, 4) is 11.5 Å². The van der Waals surface area contributed by atoms with Gasteiger partial charge in [-0.1, -0.05) is 36.4 Å². The lowest BCUT2D eigenvalue weighted by Crippen LogP contribution is -2.44. The molecule has 4 nitrogen and oxygen atoms in total. The van der Waals surface area contributed by atoms with Gasteiger partial charge in [-0.05, 0) is 75.0 Å². The van der Waals surface area contributed by atoms with E-state index < -0.39 is 0 Å². The monoisotopic (exact) mass is 418 g/mol. The van der Waals surface area contributed by atoms with Crippen molar-refractivity contribution in [2.75, 3.05) is 34.4 Å². The molecular weight excluding hydrogens is 384 g/mol. The molecule has 0 spiro atoms. The molecule has 0 radical (unpaired) electrons. The molecule has 0 aromatic heterocycles. The maximum atomic E-state index is 5.48. The van der Waals surface area contributed by atoms with Gasteiger partial charge in [-0.2, -0.15) is 0 Å². The normalized spacial score (nSPS) is 17.4. The molecule has 160 valence electrons. The third kappa shape index (κ3) is 6.63. The molecule has 1 saturated heterocycles. The smallest absolute Gasteiger partial charge is 0.160 e. The highest BCUT2D eigenvalue weighted by Gasteiger charge is 2.26. The Labute approximate surface area is 182 Å². The van der Waals surface area contributed by atoms with Crippen LogP contribution in [0.25, 0.3) is 0 Å². The zero-order chi connectivity index (χ0) is 19.8. The molecule has 3 rings (SSSR count). The van der Waals surface area contributed by atoms with Crippen LogP contribution >= 0.6 is 12.4 Å². The summed E-state index contributed by atoms with van der Waals surface area (Å²) < 4.78 is 10.9. The molecule has 5 heteroatoms. The van der Waals surface area contributed by atoms with Crippen molar-refractivity contribution in [1.82, 2.24) is 10.2 Å². The first-order valence-electron chi connectivity index (χ1n) is 10.4. The molecule has 29 heavy (non-hydrogen) atoms. The van der Waals surface area contributed by atoms with Gasteiger partial charge in [-0.25, -0.2) is 0 Å². The van der Waals surface area contributed by atoms with Crippen LogP contribution in [-0.4, -0.2) is 45.3 Å². The quantitative estimate of drug-likeness (QED) is 0.647. The summed E-state index contributed by atoms with van der Waals surface area (Å²) in [5, 5.41) is 3.60. The summed E-state index contributed by atoms with van der Waals surface area (Å²) >= 11 is 0. The molecule has 1 aliphatic heterocycles. The van der Waals surface area contributed by atoms with Gasteiger partial charge in [-0.15, -0.1) is 12.4 Å². The van der Waals surface area contributed by atoms with E-state index in [-0.39, 0.29) is 12.4 Å². The van der Waals surface area contributed by atoms with E-state index in [0.717, 1.165) is 44.0 Å². The Morgan fingerprint density at radius 3 is 2.45 bits per heavy atom. The largest absolute Gasteiger partial charge is 0.493 e. The van der Waals surface area contributed by atoms with Gasteiger partial charge in [-0.3, -0.25) is 4.90 Å². The number of hydrogen-bond donors (Lipinski definition) is 1. The topological polar surface area (TPSA) is 33.7 Å². The van der Waals surface area contributed by atoms with Crippen LogP contribution < -0.4 is 14.8 Å². The molecule has 1 heterocycles. The number of ether oxygens (including phenoxy) is 2. The van der Waals surface area contributed by atoms with Crippen molar-refractivity contribution in [3.63, 3.8) is 0 Å². The van der Waals surface area contributed by atoms with Gasteiger partial charge in [0.15, 0.2) is 11.5 Å². The SMILES string of the molecule is COc1ccc(CCC(C2CCCNC2)N(C)Cc2ccccc2)cc1OC.Cl. The Bertz CT molecular complexity index is 720. The van der Waals surface area contributed by atoms with E-state index >= 15 is 0 Å². The molecule has 0 aliphatic carbocycles. The summed E-state index contributed by atoms with van der Waals surface area (Å²) in [6.45, 7) is 3.27. The third-order valence-corrected chi connectivity index (χ3v) is 5.90. The molecule has 2 aromatic rings. The first-order valence-corrected chi connectivity index (χ1v) is 10.4. The van der Waals surface area contributed by atoms with Crippen LogP contribution in [0.3, 0.4) is 0 Å². The van der Waals surface area contributed by atoms with Crippen molar-refractivity contribution < 1.29 is 9.47 Å². The summed E-state index contributed by atoms with van der Waals surface area (Å²) in [7, 11) is 5.66. The lowest BCUT2D eigenvalue weighted by atomic mass is 9.87. The van der Waals surface area contributed by atoms with E-state index in [4.69, 9.17) is 9.47 Å². The Morgan fingerprint density at radius 1 is 1.03 bits per heavy atom. The van der Waals surface area contributed by atoms with Crippen molar-refractivity contribution >= 4 is 12.4 Å². The van der Waals surface area contributed by atoms with Gasteiger partial charge in [0.2, 0.25) is 0 Å². The highest BCUT2D eigenvalue weighted by Crippen LogP contribution is 2.29. The van der Waals surface area contributed by atoms with E-state index in [1.54, 1.807) is 14.2 Å². The molecule has 0 bridgehead atoms. The van der Waals surface area contributed by atoms with E-state index in [0.29, 0.717) is 12.0 Å². The van der Waals surface area contributed by atoms with Crippen molar-refractivity contribution in [3.05, 3.63) is 59.7 Å². The summed E-state index contributed by atoms with van der Waals surface area (Å²) in [5.41, 5.74) is 2.68. The summed E-state index contributed by atoms with van der Waals surface area (Å²) in [5.74, 6) is 2.30. The van der Waals surface area contributed by atoms with Crippen LogP contribution in [0.1, 0.15) is 30.4 Å². The minimum Gasteiger partial charge on any atom is -0.493 e. The first-order chi connectivity index (χ1) is 13.7. The first kappa shape index (κ1) is 23.5. The number of benzene rings is 2. The van der Waals surface area contributed by atoms with Crippen molar-refractivity contribution in [2.45, 2.75) is 38.3 Å². The number of halogens is 1. The number of piperidine rings is 1. The highest BCUT2D eigenvalue weighted by molar-refractivity contribution is 5.85. The van der Waals surface area contributed by atoms with Gasteiger partial charge < -0.3 is 14.8 Å². The molecule has 0 amide bonds. The average molecular weight is 419 g/mol. The summed E-state index contributed by atoms with van der Waals surface area (Å²) in [4.78, 5) is 2.55. The van der Waals surface area contributed by atoms with Gasteiger partial charge in [0.1, 0.15) is 0 Å². The van der Waals surface area contributed by atoms with Crippen molar-refractivity contribution in [2.24, 2.45) is 5.92 Å². The molecule has 2 atom stereocenters. The maximum absolute atomic E-state index is 5.48. The van der Waals surface area contributed by atoms with Gasteiger partial charge in [0, 0.05) is 12.6 Å². The average Bonchev–Trinajstić information content (AvgIpc) is 2.75. The van der Waals surface area contributed by atoms with Crippen LogP contribution in [0.2, 0.25) is 0 Å². The van der Waals surface area contributed by atoms with Gasteiger partial charge >= 0.3 is 0 Å². The third-order valence-electron chi connectivity index (χ3n) is 5.90. The summed E-state index contributed by atoms with van der Waals surface area (Å²) in [6, 6.07) is 17.6. The van der Waals surface area contributed by atoms with Gasteiger partial charge in [0.25, 0.3) is 0 Å². The zero-order valence-corrected chi connectivity index (χ0v) is 18.7. The predicted molar refractivity (Wildman–Crippen MR) is 122 cm³/mol. The fourth-order valence-corrected chi connectivity index (χ4v) is 4.36. The predicted octanol–water partition coefficient (Wildman–Crippen LogP) is 4.56. The fraction of sp³-hybridized carbons (Fsp3) is 0.500. The van der Waals surface area contributed by atoms with Crippen molar-refractivity contribution in [1.29, 1.82) is 0 Å². The molecule has 2 aromatic carbocycles. The minimum absolute atomic E-state index is 0. The van der Waals surface area contributed by atoms with E-state index in [1.807, 2.05) is 6.07 Å². The number of nitrogens with zero attached hydrogens (tertiary/aromatic N) is 1. The molecule has 2 unspecified atom stereocenters. The minimum atomic E-state index is 0. The Morgan fingerprint density at radius 2 is 1.79 bits per heavy atom. The Balaban J connectivity index is 0.00000300. The molecule has 1 aliphatic rings. The summed E-state index contributed by atoms with van der Waals surface area (Å²) in [6.07, 6.45) is 4.77. The van der Waals surface area contributed by atoms with Crippen LogP contribution in [0.15, 0.2) is 48.5 Å². The molecule has 1 fully saturated rings. The fourth-order valence-electron chi connectivity index (χ4n) is 4.36. The Hall–Kier alpha value is -1.75.